The molecule has 0 radical (unpaired) electrons. The van der Waals surface area contributed by atoms with Crippen LogP contribution >= 0.6 is 0 Å². The van der Waals surface area contributed by atoms with Gasteiger partial charge in [-0.3, -0.25) is 4.90 Å². The van der Waals surface area contributed by atoms with Crippen LogP contribution < -0.4 is 15.8 Å². The first-order valence-corrected chi connectivity index (χ1v) is 7.55. The molecule has 112 valence electrons. The van der Waals surface area contributed by atoms with E-state index in [2.05, 4.69) is 29.3 Å². The molecule has 0 spiro atoms. The Morgan fingerprint density at radius 1 is 1.25 bits per heavy atom. The van der Waals surface area contributed by atoms with Crippen molar-refractivity contribution < 1.29 is 4.74 Å². The molecule has 20 heavy (non-hydrogen) atoms. The summed E-state index contributed by atoms with van der Waals surface area (Å²) < 4.78 is 5.49. The summed E-state index contributed by atoms with van der Waals surface area (Å²) in [6.45, 7) is 9.92. The molecule has 1 aromatic carbocycles. The first-order valence-electron chi connectivity index (χ1n) is 7.55. The van der Waals surface area contributed by atoms with E-state index in [0.717, 1.165) is 38.3 Å². The number of nitrogens with zero attached hydrogens (tertiary/aromatic N) is 1. The lowest BCUT2D eigenvalue weighted by Gasteiger charge is -2.43. The van der Waals surface area contributed by atoms with Gasteiger partial charge in [0, 0.05) is 38.3 Å². The van der Waals surface area contributed by atoms with Gasteiger partial charge >= 0.3 is 0 Å². The second-order valence-electron chi connectivity index (χ2n) is 5.69. The fraction of sp³-hybridized carbons (Fsp3) is 0.625. The number of hydrogen-bond acceptors (Lipinski definition) is 4. The molecule has 1 heterocycles. The largest absolute Gasteiger partial charge is 0.494 e. The maximum atomic E-state index is 6.08. The van der Waals surface area contributed by atoms with E-state index in [9.17, 15) is 0 Å². The molecule has 4 heteroatoms. The number of benzene rings is 1. The van der Waals surface area contributed by atoms with Gasteiger partial charge in [0.1, 0.15) is 5.75 Å². The van der Waals surface area contributed by atoms with Crippen molar-refractivity contribution in [2.75, 3.05) is 39.3 Å². The Balaban J connectivity index is 2.04. The molecule has 3 N–H and O–H groups in total. The Bertz CT molecular complexity index is 401. The second kappa shape index (κ2) is 7.07. The van der Waals surface area contributed by atoms with Crippen LogP contribution in [0.4, 0.5) is 0 Å². The van der Waals surface area contributed by atoms with Crippen LogP contribution in [-0.4, -0.2) is 49.8 Å². The molecule has 0 amide bonds. The highest BCUT2D eigenvalue weighted by Gasteiger charge is 2.31. The highest BCUT2D eigenvalue weighted by atomic mass is 16.5. The van der Waals surface area contributed by atoms with Gasteiger partial charge in [-0.2, -0.15) is 0 Å². The van der Waals surface area contributed by atoms with Crippen LogP contribution in [0.15, 0.2) is 24.3 Å². The smallest absolute Gasteiger partial charge is 0.119 e. The van der Waals surface area contributed by atoms with E-state index in [1.165, 1.54) is 5.56 Å². The summed E-state index contributed by atoms with van der Waals surface area (Å²) in [6, 6.07) is 8.41. The zero-order chi connectivity index (χ0) is 14.4. The van der Waals surface area contributed by atoms with Crippen molar-refractivity contribution in [2.45, 2.75) is 25.8 Å². The van der Waals surface area contributed by atoms with Crippen molar-refractivity contribution in [3.63, 3.8) is 0 Å². The number of nitrogens with one attached hydrogen (secondary N) is 1. The number of ether oxygens (including phenoxy) is 1. The van der Waals surface area contributed by atoms with Gasteiger partial charge in [0.25, 0.3) is 0 Å². The summed E-state index contributed by atoms with van der Waals surface area (Å²) in [5.41, 5.74) is 7.43. The van der Waals surface area contributed by atoms with Gasteiger partial charge in [0.2, 0.25) is 0 Å². The van der Waals surface area contributed by atoms with E-state index in [0.29, 0.717) is 13.2 Å². The lowest BCUT2D eigenvalue weighted by atomic mass is 9.90. The van der Waals surface area contributed by atoms with E-state index in [1.54, 1.807) is 0 Å². The van der Waals surface area contributed by atoms with Crippen molar-refractivity contribution in [1.82, 2.24) is 10.2 Å². The highest BCUT2D eigenvalue weighted by Crippen LogP contribution is 2.22. The molecular weight excluding hydrogens is 250 g/mol. The third-order valence-corrected chi connectivity index (χ3v) is 4.14. The zero-order valence-corrected chi connectivity index (χ0v) is 12.7. The van der Waals surface area contributed by atoms with Crippen LogP contribution in [0.25, 0.3) is 0 Å². The molecule has 0 aliphatic carbocycles. The van der Waals surface area contributed by atoms with E-state index in [-0.39, 0.29) is 5.54 Å². The van der Waals surface area contributed by atoms with Gasteiger partial charge in [0.15, 0.2) is 0 Å². The third-order valence-electron chi connectivity index (χ3n) is 4.14. The average Bonchev–Trinajstić information content (AvgIpc) is 2.50. The molecule has 2 rings (SSSR count). The fourth-order valence-electron chi connectivity index (χ4n) is 2.83. The molecule has 1 saturated heterocycles. The van der Waals surface area contributed by atoms with Crippen molar-refractivity contribution >= 4 is 0 Å². The summed E-state index contributed by atoms with van der Waals surface area (Å²) in [6.07, 6.45) is 0.982. The SMILES string of the molecule is CCOc1ccc(CC(C)(CN)N2CCNCC2)cc1. The van der Waals surface area contributed by atoms with Gasteiger partial charge in [-0.25, -0.2) is 0 Å². The zero-order valence-electron chi connectivity index (χ0n) is 12.7. The minimum absolute atomic E-state index is 0.0369. The predicted octanol–water partition coefficient (Wildman–Crippen LogP) is 1.25. The average molecular weight is 277 g/mol. The molecule has 1 fully saturated rings. The van der Waals surface area contributed by atoms with E-state index in [4.69, 9.17) is 10.5 Å². The van der Waals surface area contributed by atoms with Gasteiger partial charge in [0.05, 0.1) is 6.61 Å². The topological polar surface area (TPSA) is 50.5 Å². The first-order chi connectivity index (χ1) is 9.68. The molecule has 1 aliphatic heterocycles. The van der Waals surface area contributed by atoms with Crippen LogP contribution in [-0.2, 0) is 6.42 Å². The van der Waals surface area contributed by atoms with Crippen molar-refractivity contribution in [3.05, 3.63) is 29.8 Å². The molecule has 1 aliphatic rings. The molecule has 0 saturated carbocycles. The Morgan fingerprint density at radius 3 is 2.45 bits per heavy atom. The molecule has 1 aromatic rings. The summed E-state index contributed by atoms with van der Waals surface area (Å²) in [4.78, 5) is 2.51. The lowest BCUT2D eigenvalue weighted by Crippen LogP contribution is -2.59. The molecule has 0 aromatic heterocycles. The van der Waals surface area contributed by atoms with Gasteiger partial charge in [-0.1, -0.05) is 12.1 Å². The summed E-state index contributed by atoms with van der Waals surface area (Å²) >= 11 is 0. The fourth-order valence-corrected chi connectivity index (χ4v) is 2.83. The van der Waals surface area contributed by atoms with Gasteiger partial charge in [-0.15, -0.1) is 0 Å². The van der Waals surface area contributed by atoms with Crippen LogP contribution in [0.5, 0.6) is 5.75 Å². The first kappa shape index (κ1) is 15.3. The van der Waals surface area contributed by atoms with E-state index >= 15 is 0 Å². The van der Waals surface area contributed by atoms with Crippen LogP contribution in [0.2, 0.25) is 0 Å². The van der Waals surface area contributed by atoms with Crippen LogP contribution in [0.3, 0.4) is 0 Å². The Hall–Kier alpha value is -1.10. The predicted molar refractivity (Wildman–Crippen MR) is 83.2 cm³/mol. The monoisotopic (exact) mass is 277 g/mol. The molecular formula is C16H27N3O. The lowest BCUT2D eigenvalue weighted by molar-refractivity contribution is 0.0946. The number of rotatable bonds is 6. The van der Waals surface area contributed by atoms with E-state index in [1.807, 2.05) is 19.1 Å². The second-order valence-corrected chi connectivity index (χ2v) is 5.69. The standard InChI is InChI=1S/C16H27N3O/c1-3-20-15-6-4-14(5-7-15)12-16(2,13-17)19-10-8-18-9-11-19/h4-7,18H,3,8-13,17H2,1-2H3. The van der Waals surface area contributed by atoms with Crippen LogP contribution in [0.1, 0.15) is 19.4 Å². The van der Waals surface area contributed by atoms with Crippen molar-refractivity contribution in [3.8, 4) is 5.75 Å². The Kier molecular flexibility index (Phi) is 5.40. The summed E-state index contributed by atoms with van der Waals surface area (Å²) in [7, 11) is 0. The molecule has 0 bridgehead atoms. The van der Waals surface area contributed by atoms with Crippen molar-refractivity contribution in [2.24, 2.45) is 5.73 Å². The number of hydrogen-bond donors (Lipinski definition) is 2. The Labute approximate surface area is 122 Å². The molecule has 1 unspecified atom stereocenters. The maximum absolute atomic E-state index is 6.08. The summed E-state index contributed by atoms with van der Waals surface area (Å²) in [5.74, 6) is 0.938. The molecule has 1 atom stereocenters. The minimum atomic E-state index is 0.0369. The highest BCUT2D eigenvalue weighted by molar-refractivity contribution is 5.28. The van der Waals surface area contributed by atoms with Crippen LogP contribution in [0, 0.1) is 0 Å². The Morgan fingerprint density at radius 2 is 1.90 bits per heavy atom. The van der Waals surface area contributed by atoms with E-state index < -0.39 is 0 Å². The normalized spacial score (nSPS) is 19.6. The number of piperazine rings is 1. The summed E-state index contributed by atoms with van der Waals surface area (Å²) in [5, 5.41) is 3.40. The maximum Gasteiger partial charge on any atom is 0.119 e. The molecule has 4 nitrogen and oxygen atoms in total. The minimum Gasteiger partial charge on any atom is -0.494 e. The van der Waals surface area contributed by atoms with Gasteiger partial charge < -0.3 is 15.8 Å². The number of nitrogens with two attached hydrogens (primary N) is 1. The third kappa shape index (κ3) is 3.72. The quantitative estimate of drug-likeness (QED) is 0.822. The van der Waals surface area contributed by atoms with Crippen molar-refractivity contribution in [1.29, 1.82) is 0 Å². The van der Waals surface area contributed by atoms with Gasteiger partial charge in [-0.05, 0) is 38.0 Å².